The molecule has 1 N–H and O–H groups in total. The van der Waals surface area contributed by atoms with Crippen molar-refractivity contribution in [1.29, 1.82) is 0 Å². The van der Waals surface area contributed by atoms with Crippen LogP contribution in [0.25, 0.3) is 0 Å². The quantitative estimate of drug-likeness (QED) is 0.869. The molecule has 2 nitrogen and oxygen atoms in total. The summed E-state index contributed by atoms with van der Waals surface area (Å²) in [6.07, 6.45) is 1.99. The number of halogens is 2. The number of carbonyl (C=O) groups excluding carboxylic acids is 1. The van der Waals surface area contributed by atoms with Crippen LogP contribution in [0.15, 0.2) is 22.7 Å². The fraction of sp³-hybridized carbons (Fsp3) is 0.500. The summed E-state index contributed by atoms with van der Waals surface area (Å²) in [7, 11) is 0. The van der Waals surface area contributed by atoms with Gasteiger partial charge >= 0.3 is 0 Å². The largest absolute Gasteiger partial charge is 0.349 e. The fourth-order valence-corrected chi connectivity index (χ4v) is 2.63. The Morgan fingerprint density at radius 1 is 1.39 bits per heavy atom. The van der Waals surface area contributed by atoms with Crippen LogP contribution in [-0.4, -0.2) is 11.9 Å². The lowest BCUT2D eigenvalue weighted by molar-refractivity contribution is 0.0920. The van der Waals surface area contributed by atoms with Gasteiger partial charge in [0.25, 0.3) is 5.91 Å². The molecule has 0 bridgehead atoms. The van der Waals surface area contributed by atoms with E-state index in [1.165, 1.54) is 6.07 Å². The van der Waals surface area contributed by atoms with Crippen LogP contribution < -0.4 is 5.32 Å². The summed E-state index contributed by atoms with van der Waals surface area (Å²) in [6.45, 7) is 6.15. The SMILES string of the molecule is CCC(CC)C(C)NC(=O)c1c(F)cccc1Br. The standard InChI is InChI=1S/C14H19BrFNO/c1-4-10(5-2)9(3)17-14(18)13-11(15)7-6-8-12(13)16/h6-10H,4-5H2,1-3H3,(H,17,18). The van der Waals surface area contributed by atoms with Crippen molar-refractivity contribution in [3.63, 3.8) is 0 Å². The van der Waals surface area contributed by atoms with Gasteiger partial charge in [0, 0.05) is 10.5 Å². The molecule has 0 saturated heterocycles. The van der Waals surface area contributed by atoms with Crippen LogP contribution in [0.2, 0.25) is 0 Å². The Hall–Kier alpha value is -0.900. The molecule has 1 aromatic carbocycles. The third-order valence-electron chi connectivity index (χ3n) is 3.30. The summed E-state index contributed by atoms with van der Waals surface area (Å²) in [4.78, 5) is 12.1. The van der Waals surface area contributed by atoms with Crippen LogP contribution in [-0.2, 0) is 0 Å². The molecule has 0 aliphatic heterocycles. The van der Waals surface area contributed by atoms with E-state index in [9.17, 15) is 9.18 Å². The molecule has 1 rings (SSSR count). The molecular formula is C14H19BrFNO. The monoisotopic (exact) mass is 315 g/mol. The van der Waals surface area contributed by atoms with E-state index in [2.05, 4.69) is 35.1 Å². The Morgan fingerprint density at radius 2 is 2.00 bits per heavy atom. The number of hydrogen-bond donors (Lipinski definition) is 1. The minimum atomic E-state index is -0.501. The van der Waals surface area contributed by atoms with Crippen molar-refractivity contribution in [3.8, 4) is 0 Å². The van der Waals surface area contributed by atoms with E-state index in [-0.39, 0.29) is 17.5 Å². The molecule has 0 fully saturated rings. The van der Waals surface area contributed by atoms with Crippen molar-refractivity contribution in [1.82, 2.24) is 5.32 Å². The maximum absolute atomic E-state index is 13.6. The first-order valence-corrected chi connectivity index (χ1v) is 7.05. The molecule has 1 unspecified atom stereocenters. The molecule has 0 saturated carbocycles. The average molecular weight is 316 g/mol. The van der Waals surface area contributed by atoms with Gasteiger partial charge in [-0.15, -0.1) is 0 Å². The zero-order chi connectivity index (χ0) is 13.7. The normalized spacial score (nSPS) is 12.6. The number of nitrogens with one attached hydrogen (secondary N) is 1. The van der Waals surface area contributed by atoms with Crippen molar-refractivity contribution in [2.24, 2.45) is 5.92 Å². The summed E-state index contributed by atoms with van der Waals surface area (Å²) in [5.41, 5.74) is 0.0790. The molecule has 0 spiro atoms. The van der Waals surface area contributed by atoms with Crippen LogP contribution in [0.5, 0.6) is 0 Å². The minimum Gasteiger partial charge on any atom is -0.349 e. The highest BCUT2D eigenvalue weighted by Crippen LogP contribution is 2.20. The Kier molecular flexibility index (Phi) is 5.79. The number of hydrogen-bond acceptors (Lipinski definition) is 1. The first-order valence-electron chi connectivity index (χ1n) is 6.26. The van der Waals surface area contributed by atoms with E-state index >= 15 is 0 Å². The number of carbonyl (C=O) groups is 1. The maximum atomic E-state index is 13.6. The molecular weight excluding hydrogens is 297 g/mol. The van der Waals surface area contributed by atoms with Gasteiger partial charge in [0.2, 0.25) is 0 Å². The number of rotatable bonds is 5. The van der Waals surface area contributed by atoms with Gasteiger partial charge in [0.05, 0.1) is 5.56 Å². The van der Waals surface area contributed by atoms with E-state index in [4.69, 9.17) is 0 Å². The van der Waals surface area contributed by atoms with Crippen LogP contribution in [0.4, 0.5) is 4.39 Å². The highest BCUT2D eigenvalue weighted by Gasteiger charge is 2.20. The molecule has 0 heterocycles. The molecule has 100 valence electrons. The molecule has 0 radical (unpaired) electrons. The van der Waals surface area contributed by atoms with Crippen molar-refractivity contribution < 1.29 is 9.18 Å². The Balaban J connectivity index is 2.83. The van der Waals surface area contributed by atoms with Crippen molar-refractivity contribution >= 4 is 21.8 Å². The molecule has 4 heteroatoms. The van der Waals surface area contributed by atoms with Gasteiger partial charge in [-0.1, -0.05) is 32.8 Å². The third kappa shape index (κ3) is 3.55. The predicted octanol–water partition coefficient (Wildman–Crippen LogP) is 4.14. The van der Waals surface area contributed by atoms with E-state index in [1.54, 1.807) is 12.1 Å². The Labute approximate surface area is 116 Å². The lowest BCUT2D eigenvalue weighted by Crippen LogP contribution is -2.38. The Morgan fingerprint density at radius 3 is 2.50 bits per heavy atom. The zero-order valence-corrected chi connectivity index (χ0v) is 12.6. The second-order valence-corrected chi connectivity index (χ2v) is 5.29. The van der Waals surface area contributed by atoms with E-state index in [0.29, 0.717) is 10.4 Å². The average Bonchev–Trinajstić information content (AvgIpc) is 2.30. The van der Waals surface area contributed by atoms with Gasteiger partial charge < -0.3 is 5.32 Å². The summed E-state index contributed by atoms with van der Waals surface area (Å²) >= 11 is 3.21. The van der Waals surface area contributed by atoms with Crippen molar-refractivity contribution in [3.05, 3.63) is 34.1 Å². The fourth-order valence-electron chi connectivity index (χ4n) is 2.11. The lowest BCUT2D eigenvalue weighted by Gasteiger charge is -2.22. The van der Waals surface area contributed by atoms with Crippen molar-refractivity contribution in [2.75, 3.05) is 0 Å². The second-order valence-electron chi connectivity index (χ2n) is 4.44. The molecule has 1 amide bonds. The molecule has 0 aliphatic rings. The van der Waals surface area contributed by atoms with Crippen LogP contribution in [0.3, 0.4) is 0 Å². The zero-order valence-electron chi connectivity index (χ0n) is 11.0. The molecule has 0 aromatic heterocycles. The first-order chi connectivity index (χ1) is 8.51. The van der Waals surface area contributed by atoms with Gasteiger partial charge in [0.15, 0.2) is 0 Å². The molecule has 0 aliphatic carbocycles. The van der Waals surface area contributed by atoms with Crippen molar-refractivity contribution in [2.45, 2.75) is 39.7 Å². The van der Waals surface area contributed by atoms with Crippen LogP contribution in [0, 0.1) is 11.7 Å². The summed E-state index contributed by atoms with van der Waals surface area (Å²) in [5.74, 6) is -0.447. The van der Waals surface area contributed by atoms with Gasteiger partial charge in [-0.2, -0.15) is 0 Å². The summed E-state index contributed by atoms with van der Waals surface area (Å²) in [6, 6.07) is 4.57. The molecule has 1 aromatic rings. The van der Waals surface area contributed by atoms with Crippen LogP contribution >= 0.6 is 15.9 Å². The highest BCUT2D eigenvalue weighted by molar-refractivity contribution is 9.10. The van der Waals surface area contributed by atoms with Gasteiger partial charge in [-0.05, 0) is 40.9 Å². The lowest BCUT2D eigenvalue weighted by atomic mass is 9.95. The first kappa shape index (κ1) is 15.2. The third-order valence-corrected chi connectivity index (χ3v) is 3.97. The van der Waals surface area contributed by atoms with E-state index in [1.807, 2.05) is 6.92 Å². The van der Waals surface area contributed by atoms with Crippen LogP contribution in [0.1, 0.15) is 44.0 Å². The minimum absolute atomic E-state index is 0.0407. The molecule has 1 atom stereocenters. The second kappa shape index (κ2) is 6.88. The van der Waals surface area contributed by atoms with E-state index in [0.717, 1.165) is 12.8 Å². The van der Waals surface area contributed by atoms with Gasteiger partial charge in [-0.3, -0.25) is 4.79 Å². The summed E-state index contributed by atoms with van der Waals surface area (Å²) < 4.78 is 14.1. The van der Waals surface area contributed by atoms with E-state index < -0.39 is 5.82 Å². The topological polar surface area (TPSA) is 29.1 Å². The number of benzene rings is 1. The predicted molar refractivity (Wildman–Crippen MR) is 75.1 cm³/mol. The number of amides is 1. The van der Waals surface area contributed by atoms with Gasteiger partial charge in [-0.25, -0.2) is 4.39 Å². The summed E-state index contributed by atoms with van der Waals surface area (Å²) in [5, 5.41) is 2.87. The highest BCUT2D eigenvalue weighted by atomic mass is 79.9. The van der Waals surface area contributed by atoms with Gasteiger partial charge in [0.1, 0.15) is 5.82 Å². The maximum Gasteiger partial charge on any atom is 0.255 e. The molecule has 18 heavy (non-hydrogen) atoms. The Bertz CT molecular complexity index is 398. The smallest absolute Gasteiger partial charge is 0.255 e.